The number of hydrogen-bond acceptors (Lipinski definition) is 3. The predicted octanol–water partition coefficient (Wildman–Crippen LogP) is 2.20. The average Bonchev–Trinajstić information content (AvgIpc) is 2.46. The largest absolute Gasteiger partial charge is 0.265 e. The van der Waals surface area contributed by atoms with Crippen LogP contribution in [-0.2, 0) is 16.4 Å². The molecule has 0 amide bonds. The number of pyridine rings is 1. The Morgan fingerprint density at radius 3 is 2.74 bits per heavy atom. The molecule has 0 spiro atoms. The first-order valence-corrected chi connectivity index (χ1v) is 9.31. The van der Waals surface area contributed by atoms with Crippen LogP contribution in [0.3, 0.4) is 0 Å². The van der Waals surface area contributed by atoms with Crippen molar-refractivity contribution in [3.8, 4) is 0 Å². The molecule has 1 atom stereocenters. The van der Waals surface area contributed by atoms with Crippen molar-refractivity contribution < 1.29 is 8.42 Å². The lowest BCUT2D eigenvalue weighted by molar-refractivity contribution is 0.273. The van der Waals surface area contributed by atoms with Crippen LogP contribution >= 0.6 is 15.9 Å². The van der Waals surface area contributed by atoms with Crippen molar-refractivity contribution in [1.82, 2.24) is 9.29 Å². The number of sulfonamides is 1. The Bertz CT molecular complexity index is 493. The first-order chi connectivity index (χ1) is 9.13. The zero-order valence-electron chi connectivity index (χ0n) is 10.8. The standard InChI is InChI=1S/C13H19BrN2O2S/c14-11-13-3-1-2-9-16(13)19(17,18)10-6-12-4-7-15-8-5-12/h4-5,7-8,13H,1-3,6,9-11H2. The van der Waals surface area contributed by atoms with Crippen LogP contribution in [0.2, 0.25) is 0 Å². The fourth-order valence-electron chi connectivity index (χ4n) is 2.41. The summed E-state index contributed by atoms with van der Waals surface area (Å²) in [6.07, 6.45) is 7.00. The Hall–Kier alpha value is -0.460. The molecule has 0 saturated carbocycles. The van der Waals surface area contributed by atoms with E-state index in [2.05, 4.69) is 20.9 Å². The Labute approximate surface area is 123 Å². The highest BCUT2D eigenvalue weighted by atomic mass is 79.9. The average molecular weight is 347 g/mol. The molecule has 106 valence electrons. The van der Waals surface area contributed by atoms with Gasteiger partial charge >= 0.3 is 0 Å². The van der Waals surface area contributed by atoms with Gasteiger partial charge < -0.3 is 0 Å². The van der Waals surface area contributed by atoms with Crippen LogP contribution in [0.4, 0.5) is 0 Å². The minimum absolute atomic E-state index is 0.121. The van der Waals surface area contributed by atoms with Gasteiger partial charge in [-0.3, -0.25) is 4.98 Å². The lowest BCUT2D eigenvalue weighted by Gasteiger charge is -2.33. The molecule has 0 aliphatic carbocycles. The summed E-state index contributed by atoms with van der Waals surface area (Å²) < 4.78 is 26.5. The maximum atomic E-state index is 12.4. The lowest BCUT2D eigenvalue weighted by Crippen LogP contribution is -2.45. The summed E-state index contributed by atoms with van der Waals surface area (Å²) in [5, 5.41) is 0.724. The summed E-state index contributed by atoms with van der Waals surface area (Å²) >= 11 is 3.43. The number of aromatic nitrogens is 1. The molecule has 19 heavy (non-hydrogen) atoms. The predicted molar refractivity (Wildman–Crippen MR) is 79.9 cm³/mol. The first-order valence-electron chi connectivity index (χ1n) is 6.58. The molecule has 0 N–H and O–H groups in total. The number of hydrogen-bond donors (Lipinski definition) is 0. The van der Waals surface area contributed by atoms with Gasteiger partial charge in [0.1, 0.15) is 0 Å². The van der Waals surface area contributed by atoms with Crippen molar-refractivity contribution in [3.05, 3.63) is 30.1 Å². The van der Waals surface area contributed by atoms with Gasteiger partial charge in [0, 0.05) is 30.3 Å². The van der Waals surface area contributed by atoms with Crippen LogP contribution < -0.4 is 0 Å². The highest BCUT2D eigenvalue weighted by Crippen LogP contribution is 2.22. The molecule has 4 nitrogen and oxygen atoms in total. The summed E-state index contributed by atoms with van der Waals surface area (Å²) in [7, 11) is -3.16. The van der Waals surface area contributed by atoms with Crippen LogP contribution in [0.1, 0.15) is 24.8 Å². The van der Waals surface area contributed by atoms with E-state index >= 15 is 0 Å². The monoisotopic (exact) mass is 346 g/mol. The highest BCUT2D eigenvalue weighted by molar-refractivity contribution is 9.09. The number of aryl methyl sites for hydroxylation is 1. The summed E-state index contributed by atoms with van der Waals surface area (Å²) in [5.41, 5.74) is 1.02. The Balaban J connectivity index is 2.01. The van der Waals surface area contributed by atoms with Gasteiger partial charge in [-0.25, -0.2) is 8.42 Å². The van der Waals surface area contributed by atoms with E-state index in [4.69, 9.17) is 0 Å². The van der Waals surface area contributed by atoms with Gasteiger partial charge in [0.05, 0.1) is 5.75 Å². The highest BCUT2D eigenvalue weighted by Gasteiger charge is 2.31. The molecular weight excluding hydrogens is 328 g/mol. The Morgan fingerprint density at radius 1 is 1.32 bits per heavy atom. The fourth-order valence-corrected chi connectivity index (χ4v) is 5.04. The molecule has 2 heterocycles. The smallest absolute Gasteiger partial charge is 0.214 e. The second kappa shape index (κ2) is 6.81. The molecule has 1 aromatic heterocycles. The third-order valence-corrected chi connectivity index (χ3v) is 6.17. The van der Waals surface area contributed by atoms with E-state index in [1.165, 1.54) is 0 Å². The number of halogens is 1. The lowest BCUT2D eigenvalue weighted by atomic mass is 10.1. The molecule has 1 aliphatic rings. The van der Waals surface area contributed by atoms with E-state index in [1.54, 1.807) is 16.7 Å². The topological polar surface area (TPSA) is 50.3 Å². The molecule has 1 saturated heterocycles. The van der Waals surface area contributed by atoms with E-state index in [1.807, 2.05) is 12.1 Å². The van der Waals surface area contributed by atoms with Gasteiger partial charge in [0.2, 0.25) is 10.0 Å². The van der Waals surface area contributed by atoms with Crippen molar-refractivity contribution >= 4 is 26.0 Å². The molecule has 1 fully saturated rings. The normalized spacial score (nSPS) is 21.4. The van der Waals surface area contributed by atoms with Gasteiger partial charge in [-0.05, 0) is 37.0 Å². The minimum atomic E-state index is -3.16. The minimum Gasteiger partial charge on any atom is -0.265 e. The number of nitrogens with zero attached hydrogens (tertiary/aromatic N) is 2. The third-order valence-electron chi connectivity index (χ3n) is 3.51. The molecule has 6 heteroatoms. The van der Waals surface area contributed by atoms with E-state index in [0.717, 1.165) is 30.2 Å². The van der Waals surface area contributed by atoms with Crippen molar-refractivity contribution in [1.29, 1.82) is 0 Å². The Kier molecular flexibility index (Phi) is 5.36. The van der Waals surface area contributed by atoms with Gasteiger partial charge in [-0.1, -0.05) is 22.4 Å². The van der Waals surface area contributed by atoms with Gasteiger partial charge in [-0.2, -0.15) is 4.31 Å². The SMILES string of the molecule is O=S(=O)(CCc1ccncc1)N1CCCCC1CBr. The van der Waals surface area contributed by atoms with Crippen LogP contribution in [0.25, 0.3) is 0 Å². The van der Waals surface area contributed by atoms with Crippen molar-refractivity contribution in [2.24, 2.45) is 0 Å². The van der Waals surface area contributed by atoms with E-state index < -0.39 is 10.0 Å². The maximum absolute atomic E-state index is 12.4. The van der Waals surface area contributed by atoms with E-state index in [9.17, 15) is 8.42 Å². The number of rotatable bonds is 5. The zero-order valence-corrected chi connectivity index (χ0v) is 13.2. The second-order valence-corrected chi connectivity index (χ2v) is 7.52. The number of alkyl halides is 1. The molecule has 0 aromatic carbocycles. The quantitative estimate of drug-likeness (QED) is 0.768. The first kappa shape index (κ1) is 14.9. The fraction of sp³-hybridized carbons (Fsp3) is 0.615. The summed E-state index contributed by atoms with van der Waals surface area (Å²) in [5.74, 6) is 0.181. The van der Waals surface area contributed by atoms with Gasteiger partial charge in [-0.15, -0.1) is 0 Å². The molecular formula is C13H19BrN2O2S. The number of piperidine rings is 1. The van der Waals surface area contributed by atoms with Crippen molar-refractivity contribution in [2.45, 2.75) is 31.7 Å². The van der Waals surface area contributed by atoms with E-state index in [-0.39, 0.29) is 11.8 Å². The summed E-state index contributed by atoms with van der Waals surface area (Å²) in [4.78, 5) is 3.94. The molecule has 1 unspecified atom stereocenters. The van der Waals surface area contributed by atoms with Crippen molar-refractivity contribution in [2.75, 3.05) is 17.6 Å². The van der Waals surface area contributed by atoms with Gasteiger partial charge in [0.15, 0.2) is 0 Å². The van der Waals surface area contributed by atoms with Gasteiger partial charge in [0.25, 0.3) is 0 Å². The van der Waals surface area contributed by atoms with Crippen molar-refractivity contribution in [3.63, 3.8) is 0 Å². The zero-order chi connectivity index (χ0) is 13.7. The molecule has 0 radical (unpaired) electrons. The molecule has 2 rings (SSSR count). The van der Waals surface area contributed by atoms with Crippen LogP contribution in [0.5, 0.6) is 0 Å². The maximum Gasteiger partial charge on any atom is 0.214 e. The summed E-state index contributed by atoms with van der Waals surface area (Å²) in [6, 6.07) is 3.86. The van der Waals surface area contributed by atoms with E-state index in [0.29, 0.717) is 13.0 Å². The molecule has 0 bridgehead atoms. The second-order valence-electron chi connectivity index (χ2n) is 4.84. The summed E-state index contributed by atoms with van der Waals surface area (Å²) in [6.45, 7) is 0.662. The molecule has 1 aromatic rings. The molecule has 1 aliphatic heterocycles. The third kappa shape index (κ3) is 4.00. The van der Waals surface area contributed by atoms with Crippen LogP contribution in [0.15, 0.2) is 24.5 Å². The van der Waals surface area contributed by atoms with Crippen LogP contribution in [-0.4, -0.2) is 41.4 Å². The van der Waals surface area contributed by atoms with Crippen LogP contribution in [0, 0.1) is 0 Å². The Morgan fingerprint density at radius 2 is 2.05 bits per heavy atom.